The minimum atomic E-state index is -0.592. The van der Waals surface area contributed by atoms with Gasteiger partial charge in [-0.2, -0.15) is 0 Å². The third-order valence-electron chi connectivity index (χ3n) is 3.24. The van der Waals surface area contributed by atoms with Crippen molar-refractivity contribution < 1.29 is 18.8 Å². The number of carbonyl (C=O) groups is 3. The van der Waals surface area contributed by atoms with Gasteiger partial charge in [0.1, 0.15) is 11.5 Å². The van der Waals surface area contributed by atoms with Crippen LogP contribution in [0.4, 0.5) is 4.79 Å². The van der Waals surface area contributed by atoms with Crippen molar-refractivity contribution in [3.05, 3.63) is 58.5 Å². The molecule has 0 aliphatic rings. The number of nitrogens with two attached hydrogens (primary N) is 1. The predicted molar refractivity (Wildman–Crippen MR) is 86.0 cm³/mol. The molecule has 0 saturated carbocycles. The maximum atomic E-state index is 11.9. The fourth-order valence-electron chi connectivity index (χ4n) is 2.10. The lowest BCUT2D eigenvalue weighted by Gasteiger charge is -2.09. The van der Waals surface area contributed by atoms with Gasteiger partial charge in [-0.25, -0.2) is 10.2 Å². The zero-order valence-electron chi connectivity index (χ0n) is 13.3. The summed E-state index contributed by atoms with van der Waals surface area (Å²) in [4.78, 5) is 34.7. The van der Waals surface area contributed by atoms with Crippen molar-refractivity contribution in [3.8, 4) is 0 Å². The smallest absolute Gasteiger partial charge is 0.333 e. The lowest BCUT2D eigenvalue weighted by molar-refractivity contribution is 0.0933. The number of furan rings is 1. The molecule has 2 rings (SSSR count). The summed E-state index contributed by atoms with van der Waals surface area (Å²) in [5.41, 5.74) is 11.1. The van der Waals surface area contributed by atoms with Gasteiger partial charge in [0.05, 0.1) is 5.56 Å². The fourth-order valence-corrected chi connectivity index (χ4v) is 2.10. The molecule has 0 unspecified atom stereocenters. The standard InChI is InChI=1S/C16H18N4O4/c1-9-6-13(10(2)24-9)15(22)19-20-16(23)18-8-11-4-3-5-12(7-11)14(17)21/h3-7H,8H2,1-2H3,(H2,17,21)(H,19,22)(H2,18,20,23). The quantitative estimate of drug-likeness (QED) is 0.627. The molecule has 0 bridgehead atoms. The SMILES string of the molecule is Cc1cc(C(=O)NNC(=O)NCc2cccc(C(N)=O)c2)c(C)o1. The first kappa shape index (κ1) is 17.1. The fraction of sp³-hybridized carbons (Fsp3) is 0.188. The van der Waals surface area contributed by atoms with Crippen LogP contribution >= 0.6 is 0 Å². The second-order valence-electron chi connectivity index (χ2n) is 5.15. The Morgan fingerprint density at radius 2 is 1.88 bits per heavy atom. The molecule has 24 heavy (non-hydrogen) atoms. The molecule has 8 nitrogen and oxygen atoms in total. The van der Waals surface area contributed by atoms with Gasteiger partial charge in [-0.1, -0.05) is 12.1 Å². The van der Waals surface area contributed by atoms with E-state index in [0.29, 0.717) is 28.2 Å². The Hall–Kier alpha value is -3.29. The number of rotatable bonds is 4. The van der Waals surface area contributed by atoms with Crippen LogP contribution in [0.25, 0.3) is 0 Å². The molecule has 5 N–H and O–H groups in total. The summed E-state index contributed by atoms with van der Waals surface area (Å²) in [5, 5.41) is 2.55. The molecule has 0 radical (unpaired) electrons. The average molecular weight is 330 g/mol. The first-order valence-corrected chi connectivity index (χ1v) is 7.17. The van der Waals surface area contributed by atoms with Crippen molar-refractivity contribution >= 4 is 17.8 Å². The number of benzene rings is 1. The number of nitrogens with one attached hydrogen (secondary N) is 3. The summed E-state index contributed by atoms with van der Waals surface area (Å²) in [6.45, 7) is 3.56. The van der Waals surface area contributed by atoms with Crippen LogP contribution in [0.3, 0.4) is 0 Å². The van der Waals surface area contributed by atoms with Crippen LogP contribution in [0.1, 0.15) is 37.8 Å². The van der Waals surface area contributed by atoms with E-state index < -0.39 is 17.8 Å². The Morgan fingerprint density at radius 1 is 1.12 bits per heavy atom. The van der Waals surface area contributed by atoms with Crippen LogP contribution in [0, 0.1) is 13.8 Å². The van der Waals surface area contributed by atoms with E-state index in [2.05, 4.69) is 16.2 Å². The van der Waals surface area contributed by atoms with Crippen LogP contribution in [0.15, 0.2) is 34.7 Å². The minimum absolute atomic E-state index is 0.173. The zero-order chi connectivity index (χ0) is 17.7. The monoisotopic (exact) mass is 330 g/mol. The number of carbonyl (C=O) groups excluding carboxylic acids is 3. The third-order valence-corrected chi connectivity index (χ3v) is 3.24. The van der Waals surface area contributed by atoms with Gasteiger partial charge >= 0.3 is 6.03 Å². The molecule has 1 aromatic carbocycles. The Balaban J connectivity index is 1.83. The van der Waals surface area contributed by atoms with Gasteiger partial charge in [0, 0.05) is 12.1 Å². The third kappa shape index (κ3) is 4.35. The summed E-state index contributed by atoms with van der Waals surface area (Å²) in [6, 6.07) is 7.56. The normalized spacial score (nSPS) is 10.1. The number of hydrogen-bond acceptors (Lipinski definition) is 4. The molecule has 0 aliphatic heterocycles. The number of hydrogen-bond donors (Lipinski definition) is 4. The van der Waals surface area contributed by atoms with Gasteiger partial charge in [0.2, 0.25) is 5.91 Å². The van der Waals surface area contributed by atoms with Crippen LogP contribution in [0.5, 0.6) is 0 Å². The average Bonchev–Trinajstić information content (AvgIpc) is 2.89. The topological polar surface area (TPSA) is 126 Å². The number of primary amides is 1. The highest BCUT2D eigenvalue weighted by atomic mass is 16.3. The van der Waals surface area contributed by atoms with Crippen molar-refractivity contribution in [2.45, 2.75) is 20.4 Å². The molecular formula is C16H18N4O4. The van der Waals surface area contributed by atoms with Crippen molar-refractivity contribution in [1.82, 2.24) is 16.2 Å². The van der Waals surface area contributed by atoms with E-state index in [9.17, 15) is 14.4 Å². The van der Waals surface area contributed by atoms with Crippen molar-refractivity contribution in [2.75, 3.05) is 0 Å². The van der Waals surface area contributed by atoms with Gasteiger partial charge in [-0.05, 0) is 37.6 Å². The second-order valence-corrected chi connectivity index (χ2v) is 5.15. The summed E-state index contributed by atoms with van der Waals surface area (Å²) in [7, 11) is 0. The van der Waals surface area contributed by atoms with E-state index in [-0.39, 0.29) is 6.54 Å². The molecule has 2 aromatic rings. The van der Waals surface area contributed by atoms with Gasteiger partial charge in [-0.3, -0.25) is 15.0 Å². The lowest BCUT2D eigenvalue weighted by Crippen LogP contribution is -2.46. The summed E-state index contributed by atoms with van der Waals surface area (Å²) in [5.74, 6) is 0.0569. The summed E-state index contributed by atoms with van der Waals surface area (Å²) < 4.78 is 5.25. The van der Waals surface area contributed by atoms with Crippen LogP contribution in [0.2, 0.25) is 0 Å². The van der Waals surface area contributed by atoms with E-state index in [1.54, 1.807) is 44.2 Å². The first-order valence-electron chi connectivity index (χ1n) is 7.17. The molecule has 1 aromatic heterocycles. The maximum Gasteiger partial charge on any atom is 0.333 e. The maximum absolute atomic E-state index is 11.9. The van der Waals surface area contributed by atoms with E-state index in [4.69, 9.17) is 10.2 Å². The molecule has 4 amide bonds. The Labute approximate surface area is 138 Å². The highest BCUT2D eigenvalue weighted by Gasteiger charge is 2.14. The van der Waals surface area contributed by atoms with Crippen LogP contribution in [-0.4, -0.2) is 17.8 Å². The highest BCUT2D eigenvalue weighted by molar-refractivity contribution is 5.96. The molecule has 0 atom stereocenters. The second kappa shape index (κ2) is 7.32. The van der Waals surface area contributed by atoms with Crippen LogP contribution in [-0.2, 0) is 6.54 Å². The first-order chi connectivity index (χ1) is 11.4. The molecule has 1 heterocycles. The molecule has 126 valence electrons. The van der Waals surface area contributed by atoms with Gasteiger partial charge in [-0.15, -0.1) is 0 Å². The highest BCUT2D eigenvalue weighted by Crippen LogP contribution is 2.12. The predicted octanol–water partition coefficient (Wildman–Crippen LogP) is 1.14. The van der Waals surface area contributed by atoms with Crippen molar-refractivity contribution in [2.24, 2.45) is 5.73 Å². The molecule has 8 heteroatoms. The van der Waals surface area contributed by atoms with E-state index in [0.717, 1.165) is 0 Å². The zero-order valence-corrected chi connectivity index (χ0v) is 13.3. The molecule has 0 fully saturated rings. The van der Waals surface area contributed by atoms with E-state index in [1.807, 2.05) is 0 Å². The Morgan fingerprint density at radius 3 is 2.50 bits per heavy atom. The van der Waals surface area contributed by atoms with Gasteiger partial charge < -0.3 is 15.5 Å². The minimum Gasteiger partial charge on any atom is -0.466 e. The van der Waals surface area contributed by atoms with Crippen LogP contribution < -0.4 is 21.9 Å². The van der Waals surface area contributed by atoms with E-state index in [1.165, 1.54) is 0 Å². The van der Waals surface area contributed by atoms with Crippen molar-refractivity contribution in [3.63, 3.8) is 0 Å². The molecular weight excluding hydrogens is 312 g/mol. The Bertz CT molecular complexity index is 782. The Kier molecular flexibility index (Phi) is 5.20. The molecule has 0 saturated heterocycles. The van der Waals surface area contributed by atoms with E-state index >= 15 is 0 Å². The number of hydrazine groups is 1. The van der Waals surface area contributed by atoms with Gasteiger partial charge in [0.15, 0.2) is 0 Å². The lowest BCUT2D eigenvalue weighted by atomic mass is 10.1. The summed E-state index contributed by atoms with van der Waals surface area (Å²) >= 11 is 0. The van der Waals surface area contributed by atoms with Crippen molar-refractivity contribution in [1.29, 1.82) is 0 Å². The number of aryl methyl sites for hydroxylation is 2. The number of urea groups is 1. The molecule has 0 aliphatic carbocycles. The van der Waals surface area contributed by atoms with Gasteiger partial charge in [0.25, 0.3) is 5.91 Å². The number of amides is 4. The largest absolute Gasteiger partial charge is 0.466 e. The summed E-state index contributed by atoms with van der Waals surface area (Å²) in [6.07, 6.45) is 0. The molecule has 0 spiro atoms.